The summed E-state index contributed by atoms with van der Waals surface area (Å²) in [5.74, 6) is 1.22. The Bertz CT molecular complexity index is 537. The summed E-state index contributed by atoms with van der Waals surface area (Å²) in [6.07, 6.45) is 0. The van der Waals surface area contributed by atoms with Gasteiger partial charge in [0.15, 0.2) is 0 Å². The van der Waals surface area contributed by atoms with Crippen LogP contribution in [0.25, 0.3) is 11.3 Å². The molecule has 0 saturated carbocycles. The minimum atomic E-state index is -0.344. The Morgan fingerprint density at radius 2 is 1.80 bits per heavy atom. The Labute approximate surface area is 124 Å². The van der Waals surface area contributed by atoms with Gasteiger partial charge in [0.2, 0.25) is 0 Å². The molecule has 0 aliphatic rings. The van der Waals surface area contributed by atoms with Crippen LogP contribution in [0.2, 0.25) is 0 Å². The Kier molecular flexibility index (Phi) is 5.74. The van der Waals surface area contributed by atoms with Gasteiger partial charge in [-0.1, -0.05) is 0 Å². The highest BCUT2D eigenvalue weighted by molar-refractivity contribution is 5.85. The first-order valence-corrected chi connectivity index (χ1v) is 6.21. The quantitative estimate of drug-likeness (QED) is 0.890. The molecule has 2 rings (SSSR count). The van der Waals surface area contributed by atoms with Crippen LogP contribution < -0.4 is 5.32 Å². The van der Waals surface area contributed by atoms with Gasteiger partial charge in [-0.15, -0.1) is 12.4 Å². The van der Waals surface area contributed by atoms with Crippen LogP contribution in [0.5, 0.6) is 0 Å². The minimum Gasteiger partial charge on any atom is -0.460 e. The summed E-state index contributed by atoms with van der Waals surface area (Å²) in [7, 11) is 0. The predicted octanol–water partition coefficient (Wildman–Crippen LogP) is 3.37. The maximum atomic E-state index is 12.8. The molecule has 1 heterocycles. The smallest absolute Gasteiger partial charge is 0.134 e. The van der Waals surface area contributed by atoms with Crippen molar-refractivity contribution in [2.45, 2.75) is 25.9 Å². The van der Waals surface area contributed by atoms with Crippen LogP contribution in [0.1, 0.15) is 19.6 Å². The second-order valence-corrected chi connectivity index (χ2v) is 5.17. The van der Waals surface area contributed by atoms with Gasteiger partial charge in [-0.25, -0.2) is 4.39 Å². The fourth-order valence-electron chi connectivity index (χ4n) is 1.62. The van der Waals surface area contributed by atoms with Crippen molar-refractivity contribution in [1.82, 2.24) is 5.32 Å². The summed E-state index contributed by atoms with van der Waals surface area (Å²) in [5.41, 5.74) is 0.497. The van der Waals surface area contributed by atoms with E-state index in [1.165, 1.54) is 12.1 Å². The number of hydrogen-bond donors (Lipinski definition) is 2. The molecule has 0 aliphatic carbocycles. The molecule has 1 aromatic carbocycles. The number of hydrogen-bond acceptors (Lipinski definition) is 3. The van der Waals surface area contributed by atoms with Crippen LogP contribution in [-0.2, 0) is 6.54 Å². The predicted molar refractivity (Wildman–Crippen MR) is 79.4 cm³/mol. The van der Waals surface area contributed by atoms with Crippen LogP contribution in [-0.4, -0.2) is 17.3 Å². The second kappa shape index (κ2) is 6.88. The highest BCUT2D eigenvalue weighted by atomic mass is 35.5. The summed E-state index contributed by atoms with van der Waals surface area (Å²) in [5, 5.41) is 12.3. The number of benzene rings is 1. The van der Waals surface area contributed by atoms with Crippen LogP contribution in [0, 0.1) is 5.82 Å². The lowest BCUT2D eigenvalue weighted by molar-refractivity contribution is 0.184. The molecule has 0 atom stereocenters. The van der Waals surface area contributed by atoms with Crippen molar-refractivity contribution >= 4 is 12.4 Å². The molecule has 2 N–H and O–H groups in total. The second-order valence-electron chi connectivity index (χ2n) is 5.17. The number of rotatable bonds is 5. The van der Waals surface area contributed by atoms with Gasteiger partial charge in [0.1, 0.15) is 17.3 Å². The van der Waals surface area contributed by atoms with Gasteiger partial charge >= 0.3 is 0 Å². The third-order valence-corrected chi connectivity index (χ3v) is 2.93. The summed E-state index contributed by atoms with van der Waals surface area (Å²) in [4.78, 5) is 0. The fraction of sp³-hybridized carbons (Fsp3) is 0.333. The normalized spacial score (nSPS) is 11.2. The lowest BCUT2D eigenvalue weighted by atomic mass is 10.1. The Morgan fingerprint density at radius 1 is 1.15 bits per heavy atom. The Hall–Kier alpha value is -1.36. The van der Waals surface area contributed by atoms with E-state index in [1.807, 2.05) is 26.0 Å². The molecule has 2 aromatic rings. The lowest BCUT2D eigenvalue weighted by Crippen LogP contribution is -2.41. The fourth-order valence-corrected chi connectivity index (χ4v) is 1.62. The van der Waals surface area contributed by atoms with Crippen molar-refractivity contribution in [1.29, 1.82) is 0 Å². The van der Waals surface area contributed by atoms with Crippen LogP contribution in [0.15, 0.2) is 40.8 Å². The molecule has 5 heteroatoms. The topological polar surface area (TPSA) is 45.4 Å². The van der Waals surface area contributed by atoms with E-state index >= 15 is 0 Å². The van der Waals surface area contributed by atoms with Crippen molar-refractivity contribution in [3.63, 3.8) is 0 Å². The van der Waals surface area contributed by atoms with Gasteiger partial charge in [0.05, 0.1) is 13.2 Å². The van der Waals surface area contributed by atoms with Crippen molar-refractivity contribution < 1.29 is 13.9 Å². The molecule has 0 bridgehead atoms. The Morgan fingerprint density at radius 3 is 2.40 bits per heavy atom. The first-order valence-electron chi connectivity index (χ1n) is 6.21. The average Bonchev–Trinajstić information content (AvgIpc) is 2.86. The van der Waals surface area contributed by atoms with E-state index in [2.05, 4.69) is 5.32 Å². The van der Waals surface area contributed by atoms with E-state index in [-0.39, 0.29) is 30.4 Å². The van der Waals surface area contributed by atoms with Crippen molar-refractivity contribution in [3.8, 4) is 11.3 Å². The lowest BCUT2D eigenvalue weighted by Gasteiger charge is -2.22. The maximum absolute atomic E-state index is 12.8. The van der Waals surface area contributed by atoms with Gasteiger partial charge in [-0.05, 0) is 50.2 Å². The van der Waals surface area contributed by atoms with E-state index < -0.39 is 0 Å². The van der Waals surface area contributed by atoms with E-state index in [9.17, 15) is 4.39 Å². The zero-order valence-corrected chi connectivity index (χ0v) is 12.3. The van der Waals surface area contributed by atoms with Gasteiger partial charge in [-0.3, -0.25) is 0 Å². The van der Waals surface area contributed by atoms with Gasteiger partial charge in [-0.2, -0.15) is 0 Å². The molecule has 20 heavy (non-hydrogen) atoms. The van der Waals surface area contributed by atoms with Crippen molar-refractivity contribution in [3.05, 3.63) is 48.0 Å². The third-order valence-electron chi connectivity index (χ3n) is 2.93. The molecule has 0 spiro atoms. The first-order chi connectivity index (χ1) is 9.00. The van der Waals surface area contributed by atoms with Gasteiger partial charge < -0.3 is 14.8 Å². The zero-order valence-electron chi connectivity index (χ0n) is 11.5. The standard InChI is InChI=1S/C15H18FNO2.ClH/c1-15(2,10-18)17-9-13-7-8-14(19-13)11-3-5-12(16)6-4-11;/h3-8,17-18H,9-10H2,1-2H3;1H. The zero-order chi connectivity index (χ0) is 13.9. The van der Waals surface area contributed by atoms with Crippen LogP contribution in [0.4, 0.5) is 4.39 Å². The monoisotopic (exact) mass is 299 g/mol. The highest BCUT2D eigenvalue weighted by Crippen LogP contribution is 2.22. The molecule has 0 saturated heterocycles. The number of furan rings is 1. The Balaban J connectivity index is 0.00000200. The molecule has 110 valence electrons. The maximum Gasteiger partial charge on any atom is 0.134 e. The van der Waals surface area contributed by atoms with E-state index in [0.717, 1.165) is 11.3 Å². The largest absolute Gasteiger partial charge is 0.460 e. The number of halogens is 2. The summed E-state index contributed by atoms with van der Waals surface area (Å²) in [6, 6.07) is 9.91. The van der Waals surface area contributed by atoms with Crippen LogP contribution >= 0.6 is 12.4 Å². The number of aliphatic hydroxyl groups excluding tert-OH is 1. The molecule has 3 nitrogen and oxygen atoms in total. The SMILES string of the molecule is CC(C)(CO)NCc1ccc(-c2ccc(F)cc2)o1.Cl. The summed E-state index contributed by atoms with van der Waals surface area (Å²) >= 11 is 0. The van der Waals surface area contributed by atoms with Crippen LogP contribution in [0.3, 0.4) is 0 Å². The third kappa shape index (κ3) is 4.34. The first kappa shape index (κ1) is 16.7. The van der Waals surface area contributed by atoms with E-state index in [1.54, 1.807) is 12.1 Å². The molecule has 0 aliphatic heterocycles. The molecule has 0 unspecified atom stereocenters. The van der Waals surface area contributed by atoms with E-state index in [4.69, 9.17) is 9.52 Å². The molecular weight excluding hydrogens is 281 g/mol. The number of nitrogens with one attached hydrogen (secondary N) is 1. The highest BCUT2D eigenvalue weighted by Gasteiger charge is 2.16. The van der Waals surface area contributed by atoms with Gasteiger partial charge in [0, 0.05) is 11.1 Å². The summed E-state index contributed by atoms with van der Waals surface area (Å²) < 4.78 is 18.5. The number of aliphatic hydroxyl groups is 1. The molecule has 1 aromatic heterocycles. The van der Waals surface area contributed by atoms with Gasteiger partial charge in [0.25, 0.3) is 0 Å². The van der Waals surface area contributed by atoms with Crippen molar-refractivity contribution in [2.24, 2.45) is 0 Å². The molecule has 0 fully saturated rings. The van der Waals surface area contributed by atoms with Crippen molar-refractivity contribution in [2.75, 3.05) is 6.61 Å². The minimum absolute atomic E-state index is 0. The molecule has 0 radical (unpaired) electrons. The molecular formula is C15H19ClFNO2. The average molecular weight is 300 g/mol. The van der Waals surface area contributed by atoms with E-state index in [0.29, 0.717) is 12.3 Å². The molecule has 0 amide bonds. The summed E-state index contributed by atoms with van der Waals surface area (Å²) in [6.45, 7) is 4.42.